The first-order chi connectivity index (χ1) is 7.65. The second kappa shape index (κ2) is 6.61. The monoisotopic (exact) mass is 225 g/mol. The van der Waals surface area contributed by atoms with E-state index >= 15 is 0 Å². The van der Waals surface area contributed by atoms with Crippen molar-refractivity contribution in [2.24, 2.45) is 5.92 Å². The largest absolute Gasteiger partial charge is 0.372 e. The molecule has 1 aromatic carbocycles. The minimum atomic E-state index is -0.214. The van der Waals surface area contributed by atoms with E-state index in [2.05, 4.69) is 19.2 Å². The standard InChI is InChI=1S/C13H20FNO/c1-10(2)9-16-13(8-15-3)11-6-4-5-7-12(11)14/h4-7,10,13,15H,8-9H2,1-3H3. The van der Waals surface area contributed by atoms with E-state index in [4.69, 9.17) is 4.74 Å². The molecule has 1 atom stereocenters. The van der Waals surface area contributed by atoms with Crippen molar-refractivity contribution in [2.75, 3.05) is 20.2 Å². The van der Waals surface area contributed by atoms with Crippen LogP contribution in [0.2, 0.25) is 0 Å². The van der Waals surface area contributed by atoms with Crippen LogP contribution in [0, 0.1) is 11.7 Å². The predicted molar refractivity (Wildman–Crippen MR) is 63.9 cm³/mol. The summed E-state index contributed by atoms with van der Waals surface area (Å²) in [5.74, 6) is 0.248. The third-order valence-corrected chi connectivity index (χ3v) is 2.27. The Balaban J connectivity index is 2.73. The van der Waals surface area contributed by atoms with Crippen molar-refractivity contribution in [1.82, 2.24) is 5.32 Å². The van der Waals surface area contributed by atoms with E-state index < -0.39 is 0 Å². The van der Waals surface area contributed by atoms with E-state index in [0.29, 0.717) is 24.6 Å². The molecule has 90 valence electrons. The van der Waals surface area contributed by atoms with Crippen molar-refractivity contribution in [3.05, 3.63) is 35.6 Å². The van der Waals surface area contributed by atoms with Crippen molar-refractivity contribution < 1.29 is 9.13 Å². The Bertz CT molecular complexity index is 315. The molecule has 0 aliphatic carbocycles. The minimum Gasteiger partial charge on any atom is -0.372 e. The van der Waals surface area contributed by atoms with Crippen molar-refractivity contribution in [2.45, 2.75) is 20.0 Å². The second-order valence-electron chi connectivity index (χ2n) is 4.30. The zero-order valence-electron chi connectivity index (χ0n) is 10.2. The van der Waals surface area contributed by atoms with Crippen LogP contribution in [0.1, 0.15) is 25.5 Å². The summed E-state index contributed by atoms with van der Waals surface area (Å²) < 4.78 is 19.3. The molecular formula is C13H20FNO. The van der Waals surface area contributed by atoms with Crippen molar-refractivity contribution in [3.8, 4) is 0 Å². The van der Waals surface area contributed by atoms with Gasteiger partial charge in [0.2, 0.25) is 0 Å². The Morgan fingerprint density at radius 1 is 1.31 bits per heavy atom. The van der Waals surface area contributed by atoms with Crippen LogP contribution in [0.25, 0.3) is 0 Å². The lowest BCUT2D eigenvalue weighted by atomic mass is 10.1. The molecule has 0 fully saturated rings. The zero-order valence-corrected chi connectivity index (χ0v) is 10.2. The van der Waals surface area contributed by atoms with Crippen LogP contribution in [0.15, 0.2) is 24.3 Å². The van der Waals surface area contributed by atoms with E-state index in [1.54, 1.807) is 12.1 Å². The van der Waals surface area contributed by atoms with E-state index in [1.807, 2.05) is 13.1 Å². The van der Waals surface area contributed by atoms with Crippen LogP contribution in [-0.2, 0) is 4.74 Å². The van der Waals surface area contributed by atoms with Gasteiger partial charge in [0.15, 0.2) is 0 Å². The van der Waals surface area contributed by atoms with Gasteiger partial charge >= 0.3 is 0 Å². The van der Waals surface area contributed by atoms with Gasteiger partial charge in [-0.1, -0.05) is 32.0 Å². The van der Waals surface area contributed by atoms with Gasteiger partial charge in [-0.15, -0.1) is 0 Å². The molecule has 0 radical (unpaired) electrons. The summed E-state index contributed by atoms with van der Waals surface area (Å²) in [6.45, 7) is 5.42. The highest BCUT2D eigenvalue weighted by Gasteiger charge is 2.15. The van der Waals surface area contributed by atoms with Gasteiger partial charge in [0.1, 0.15) is 5.82 Å². The highest BCUT2D eigenvalue weighted by Crippen LogP contribution is 2.20. The van der Waals surface area contributed by atoms with Gasteiger partial charge in [0, 0.05) is 18.7 Å². The Kier molecular flexibility index (Phi) is 5.43. The summed E-state index contributed by atoms with van der Waals surface area (Å²) in [5, 5.41) is 3.03. The summed E-state index contributed by atoms with van der Waals surface area (Å²) in [6, 6.07) is 6.77. The van der Waals surface area contributed by atoms with Crippen LogP contribution in [-0.4, -0.2) is 20.2 Å². The first-order valence-corrected chi connectivity index (χ1v) is 5.65. The quantitative estimate of drug-likeness (QED) is 0.803. The molecule has 0 amide bonds. The average molecular weight is 225 g/mol. The number of benzene rings is 1. The second-order valence-corrected chi connectivity index (χ2v) is 4.30. The van der Waals surface area contributed by atoms with Crippen LogP contribution < -0.4 is 5.32 Å². The Morgan fingerprint density at radius 2 is 2.00 bits per heavy atom. The van der Waals surface area contributed by atoms with E-state index in [1.165, 1.54) is 6.07 Å². The summed E-state index contributed by atoms with van der Waals surface area (Å²) in [5.41, 5.74) is 0.623. The molecule has 0 aliphatic heterocycles. The Hall–Kier alpha value is -0.930. The maximum Gasteiger partial charge on any atom is 0.129 e. The lowest BCUT2D eigenvalue weighted by Crippen LogP contribution is -2.22. The molecule has 0 aromatic heterocycles. The fourth-order valence-electron chi connectivity index (χ4n) is 1.49. The van der Waals surface area contributed by atoms with E-state index in [9.17, 15) is 4.39 Å². The van der Waals surface area contributed by atoms with Gasteiger partial charge in [-0.2, -0.15) is 0 Å². The van der Waals surface area contributed by atoms with Gasteiger partial charge in [-0.05, 0) is 19.0 Å². The average Bonchev–Trinajstić information content (AvgIpc) is 2.25. The van der Waals surface area contributed by atoms with Gasteiger partial charge in [0.25, 0.3) is 0 Å². The van der Waals surface area contributed by atoms with E-state index in [-0.39, 0.29) is 11.9 Å². The van der Waals surface area contributed by atoms with Crippen molar-refractivity contribution in [1.29, 1.82) is 0 Å². The zero-order chi connectivity index (χ0) is 12.0. The fraction of sp³-hybridized carbons (Fsp3) is 0.538. The normalized spacial score (nSPS) is 13.1. The summed E-state index contributed by atoms with van der Waals surface area (Å²) >= 11 is 0. The predicted octanol–water partition coefficient (Wildman–Crippen LogP) is 2.76. The summed E-state index contributed by atoms with van der Waals surface area (Å²) in [7, 11) is 1.84. The molecule has 0 bridgehead atoms. The SMILES string of the molecule is CNCC(OCC(C)C)c1ccccc1F. The molecule has 0 saturated heterocycles. The lowest BCUT2D eigenvalue weighted by molar-refractivity contribution is 0.0342. The smallest absolute Gasteiger partial charge is 0.129 e. The molecule has 16 heavy (non-hydrogen) atoms. The van der Waals surface area contributed by atoms with Crippen LogP contribution in [0.4, 0.5) is 4.39 Å². The van der Waals surface area contributed by atoms with E-state index in [0.717, 1.165) is 0 Å². The van der Waals surface area contributed by atoms with Crippen LogP contribution >= 0.6 is 0 Å². The molecule has 0 spiro atoms. The summed E-state index contributed by atoms with van der Waals surface area (Å²) in [4.78, 5) is 0. The maximum absolute atomic E-state index is 13.6. The number of ether oxygens (including phenoxy) is 1. The number of hydrogen-bond donors (Lipinski definition) is 1. The van der Waals surface area contributed by atoms with Crippen molar-refractivity contribution in [3.63, 3.8) is 0 Å². The number of hydrogen-bond acceptors (Lipinski definition) is 2. The van der Waals surface area contributed by atoms with Gasteiger partial charge in [0.05, 0.1) is 6.10 Å². The van der Waals surface area contributed by atoms with Gasteiger partial charge < -0.3 is 10.1 Å². The molecule has 1 unspecified atom stereocenters. The van der Waals surface area contributed by atoms with Gasteiger partial charge in [-0.3, -0.25) is 0 Å². The van der Waals surface area contributed by atoms with Crippen molar-refractivity contribution >= 4 is 0 Å². The van der Waals surface area contributed by atoms with Gasteiger partial charge in [-0.25, -0.2) is 4.39 Å². The third-order valence-electron chi connectivity index (χ3n) is 2.27. The summed E-state index contributed by atoms with van der Waals surface area (Å²) in [6.07, 6.45) is -0.214. The van der Waals surface area contributed by atoms with Crippen LogP contribution in [0.5, 0.6) is 0 Å². The molecule has 0 aliphatic rings. The molecule has 0 heterocycles. The third kappa shape index (κ3) is 3.91. The lowest BCUT2D eigenvalue weighted by Gasteiger charge is -2.19. The number of nitrogens with one attached hydrogen (secondary N) is 1. The molecule has 2 nitrogen and oxygen atoms in total. The first kappa shape index (κ1) is 13.1. The fourth-order valence-corrected chi connectivity index (χ4v) is 1.49. The van der Waals surface area contributed by atoms with Crippen LogP contribution in [0.3, 0.4) is 0 Å². The molecule has 1 N–H and O–H groups in total. The molecule has 3 heteroatoms. The maximum atomic E-state index is 13.6. The topological polar surface area (TPSA) is 21.3 Å². The first-order valence-electron chi connectivity index (χ1n) is 5.65. The Labute approximate surface area is 96.8 Å². The highest BCUT2D eigenvalue weighted by molar-refractivity contribution is 5.20. The number of halogens is 1. The molecule has 1 rings (SSSR count). The molecule has 1 aromatic rings. The Morgan fingerprint density at radius 3 is 2.56 bits per heavy atom. The molecular weight excluding hydrogens is 205 g/mol. The highest BCUT2D eigenvalue weighted by atomic mass is 19.1. The molecule has 0 saturated carbocycles. The number of rotatable bonds is 6. The number of likely N-dealkylation sites (N-methyl/N-ethyl adjacent to an activating group) is 1. The minimum absolute atomic E-state index is 0.202.